The molecule has 0 radical (unpaired) electrons. The minimum absolute atomic E-state index is 0.152. The highest BCUT2D eigenvalue weighted by Gasteiger charge is 2.29. The Morgan fingerprint density at radius 2 is 1.97 bits per heavy atom. The monoisotopic (exact) mass is 509 g/mol. The van der Waals surface area contributed by atoms with Crippen molar-refractivity contribution < 1.29 is 17.2 Å². The summed E-state index contributed by atoms with van der Waals surface area (Å²) in [6.07, 6.45) is 9.46. The van der Waals surface area contributed by atoms with Gasteiger partial charge in [0.05, 0.1) is 16.6 Å². The number of hydrogen-bond acceptors (Lipinski definition) is 5. The summed E-state index contributed by atoms with van der Waals surface area (Å²) in [5, 5.41) is 4.67. The van der Waals surface area contributed by atoms with Crippen LogP contribution in [0.5, 0.6) is 0 Å². The molecule has 0 bridgehead atoms. The number of benzene rings is 2. The van der Waals surface area contributed by atoms with Gasteiger partial charge in [0.2, 0.25) is 0 Å². The Morgan fingerprint density at radius 3 is 2.69 bits per heavy atom. The molecule has 0 atom stereocenters. The van der Waals surface area contributed by atoms with Gasteiger partial charge >= 0.3 is 0 Å². The quantitative estimate of drug-likeness (QED) is 0.460. The summed E-state index contributed by atoms with van der Waals surface area (Å²) < 4.78 is 60.2. The Hall–Kier alpha value is -3.79. The zero-order valence-corrected chi connectivity index (χ0v) is 20.4. The average Bonchev–Trinajstić information content (AvgIpc) is 3.60. The molecule has 36 heavy (non-hydrogen) atoms. The Morgan fingerprint density at radius 1 is 1.17 bits per heavy atom. The molecule has 1 fully saturated rings. The van der Waals surface area contributed by atoms with Crippen molar-refractivity contribution in [3.05, 3.63) is 77.5 Å². The van der Waals surface area contributed by atoms with E-state index in [-0.39, 0.29) is 27.8 Å². The Kier molecular flexibility index (Phi) is 6.21. The van der Waals surface area contributed by atoms with Crippen LogP contribution in [-0.2, 0) is 10.0 Å². The van der Waals surface area contributed by atoms with Crippen LogP contribution >= 0.6 is 0 Å². The van der Waals surface area contributed by atoms with Crippen molar-refractivity contribution in [1.29, 1.82) is 0 Å². The van der Waals surface area contributed by atoms with Crippen molar-refractivity contribution in [1.82, 2.24) is 9.78 Å². The molecule has 2 aliphatic rings. The summed E-state index contributed by atoms with van der Waals surface area (Å²) in [4.78, 5) is 3.91. The van der Waals surface area contributed by atoms with Crippen molar-refractivity contribution in [2.45, 2.75) is 37.1 Å². The first-order valence-electron chi connectivity index (χ1n) is 11.6. The molecule has 3 aromatic rings. The number of sulfonamides is 1. The molecule has 10 heteroatoms. The van der Waals surface area contributed by atoms with Crippen LogP contribution in [0.3, 0.4) is 0 Å². The molecule has 0 spiro atoms. The van der Waals surface area contributed by atoms with Gasteiger partial charge in [-0.3, -0.25) is 14.4 Å². The van der Waals surface area contributed by atoms with E-state index < -0.39 is 21.7 Å². The second kappa shape index (κ2) is 9.34. The van der Waals surface area contributed by atoms with Gasteiger partial charge < -0.3 is 5.73 Å². The second-order valence-electron chi connectivity index (χ2n) is 8.78. The molecular weight excluding hydrogens is 484 g/mol. The van der Waals surface area contributed by atoms with E-state index in [4.69, 9.17) is 5.73 Å². The van der Waals surface area contributed by atoms with Crippen LogP contribution in [0, 0.1) is 11.6 Å². The fraction of sp³-hybridized carbons (Fsp3) is 0.231. The van der Waals surface area contributed by atoms with E-state index in [0.29, 0.717) is 24.5 Å². The topological polar surface area (TPSA) is 102 Å². The predicted molar refractivity (Wildman–Crippen MR) is 137 cm³/mol. The summed E-state index contributed by atoms with van der Waals surface area (Å²) in [6, 6.07) is 8.15. The fourth-order valence-corrected chi connectivity index (χ4v) is 5.49. The third-order valence-corrected chi connectivity index (χ3v) is 7.53. The van der Waals surface area contributed by atoms with Gasteiger partial charge in [-0.1, -0.05) is 24.3 Å². The molecule has 2 heterocycles. The number of aromatic nitrogens is 2. The second-order valence-corrected chi connectivity index (χ2v) is 10.4. The smallest absolute Gasteiger partial charge is 0.262 e. The summed E-state index contributed by atoms with van der Waals surface area (Å²) in [5.41, 5.74) is 8.14. The maximum Gasteiger partial charge on any atom is 0.262 e. The minimum Gasteiger partial charge on any atom is -0.384 e. The summed E-state index contributed by atoms with van der Waals surface area (Å²) in [5.74, 6) is -1.09. The first kappa shape index (κ1) is 23.9. The average molecular weight is 510 g/mol. The van der Waals surface area contributed by atoms with Gasteiger partial charge in [-0.25, -0.2) is 17.2 Å². The van der Waals surface area contributed by atoms with Gasteiger partial charge in [-0.2, -0.15) is 5.10 Å². The number of hydrogen-bond donors (Lipinski definition) is 2. The maximum atomic E-state index is 15.8. The van der Waals surface area contributed by atoms with Crippen LogP contribution in [-0.4, -0.2) is 30.6 Å². The molecule has 1 aliphatic carbocycles. The molecule has 3 N–H and O–H groups in total. The van der Waals surface area contributed by atoms with Gasteiger partial charge in [0.25, 0.3) is 10.0 Å². The van der Waals surface area contributed by atoms with Crippen molar-refractivity contribution in [2.75, 3.05) is 11.3 Å². The zero-order chi connectivity index (χ0) is 25.4. The van der Waals surface area contributed by atoms with E-state index in [9.17, 15) is 12.8 Å². The summed E-state index contributed by atoms with van der Waals surface area (Å²) >= 11 is 0. The third kappa shape index (κ3) is 4.68. The van der Waals surface area contributed by atoms with Gasteiger partial charge in [0.1, 0.15) is 17.3 Å². The lowest BCUT2D eigenvalue weighted by Crippen LogP contribution is -2.16. The minimum atomic E-state index is -4.30. The lowest BCUT2D eigenvalue weighted by atomic mass is 9.97. The molecule has 0 saturated heterocycles. The van der Waals surface area contributed by atoms with Crippen LogP contribution in [0.2, 0.25) is 0 Å². The van der Waals surface area contributed by atoms with Crippen molar-refractivity contribution in [3.63, 3.8) is 0 Å². The molecule has 5 rings (SSSR count). The number of nitrogens with two attached hydrogens (primary N) is 1. The van der Waals surface area contributed by atoms with Gasteiger partial charge in [0, 0.05) is 23.9 Å². The zero-order valence-electron chi connectivity index (χ0n) is 19.6. The molecule has 186 valence electrons. The number of nitrogens with zero attached hydrogens (tertiary/aromatic N) is 3. The third-order valence-electron chi connectivity index (χ3n) is 6.11. The highest BCUT2D eigenvalue weighted by atomic mass is 32.2. The number of rotatable bonds is 7. The molecule has 7 nitrogen and oxygen atoms in total. The van der Waals surface area contributed by atoms with Crippen molar-refractivity contribution in [2.24, 2.45) is 10.7 Å². The SMILES string of the molecule is CC=Cc1ccc(F)cc1S(=O)(=O)Nc1cccc(-c2nn(C3CC3)cc2C2=CC(N)=NCC2)c1F. The number of anilines is 1. The van der Waals surface area contributed by atoms with E-state index >= 15 is 4.39 Å². The van der Waals surface area contributed by atoms with E-state index in [1.807, 2.05) is 10.9 Å². The van der Waals surface area contributed by atoms with Crippen LogP contribution < -0.4 is 10.5 Å². The maximum absolute atomic E-state index is 15.8. The highest BCUT2D eigenvalue weighted by Crippen LogP contribution is 2.40. The highest BCUT2D eigenvalue weighted by molar-refractivity contribution is 7.92. The largest absolute Gasteiger partial charge is 0.384 e. The molecule has 0 unspecified atom stereocenters. The number of aliphatic imine (C=N–C) groups is 1. The summed E-state index contributed by atoms with van der Waals surface area (Å²) in [6.45, 7) is 2.24. The van der Waals surface area contributed by atoms with Gasteiger partial charge in [-0.05, 0) is 67.7 Å². The number of halogens is 2. The van der Waals surface area contributed by atoms with Crippen LogP contribution in [0.1, 0.15) is 43.4 Å². The van der Waals surface area contributed by atoms with Crippen LogP contribution in [0.25, 0.3) is 22.9 Å². The Labute approximate surface area is 208 Å². The van der Waals surface area contributed by atoms with Gasteiger partial charge in [-0.15, -0.1) is 0 Å². The fourth-order valence-electron chi connectivity index (χ4n) is 4.22. The Bertz CT molecular complexity index is 1540. The van der Waals surface area contributed by atoms with Crippen molar-refractivity contribution >= 4 is 33.2 Å². The van der Waals surface area contributed by atoms with Crippen molar-refractivity contribution in [3.8, 4) is 11.3 Å². The first-order chi connectivity index (χ1) is 17.3. The molecule has 1 aliphatic heterocycles. The molecule has 1 aromatic heterocycles. The predicted octanol–water partition coefficient (Wildman–Crippen LogP) is 5.14. The Balaban J connectivity index is 1.57. The van der Waals surface area contributed by atoms with Gasteiger partial charge in [0.15, 0.2) is 5.82 Å². The van der Waals surface area contributed by atoms with E-state index in [1.165, 1.54) is 18.2 Å². The van der Waals surface area contributed by atoms with E-state index in [1.54, 1.807) is 37.3 Å². The molecular formula is C26H25F2N5O2S. The standard InChI is InChI=1S/C26H25F2N5O2S/c1-2-4-16-7-8-18(27)14-23(16)36(34,35)32-22-6-3-5-20(25(22)28)26-21(15-33(31-26)19-9-10-19)17-11-12-30-24(29)13-17/h2-8,13-15,19,32H,9-12H2,1H3,(H2,29,30). The lowest BCUT2D eigenvalue weighted by Gasteiger charge is -2.14. The number of nitrogens with one attached hydrogen (secondary N) is 1. The van der Waals surface area contributed by atoms with Crippen LogP contribution in [0.4, 0.5) is 14.5 Å². The molecule has 2 aromatic carbocycles. The first-order valence-corrected chi connectivity index (χ1v) is 13.1. The van der Waals surface area contributed by atoms with Crippen LogP contribution in [0.15, 0.2) is 64.6 Å². The van der Waals surface area contributed by atoms with E-state index in [0.717, 1.165) is 30.0 Å². The summed E-state index contributed by atoms with van der Waals surface area (Å²) in [7, 11) is -4.30. The number of allylic oxidation sites excluding steroid dienone is 1. The molecule has 0 amide bonds. The number of amidine groups is 1. The lowest BCUT2D eigenvalue weighted by molar-refractivity contribution is 0.593. The number of dihydropyridines is 1. The normalized spacial score (nSPS) is 16.2. The molecule has 1 saturated carbocycles. The van der Waals surface area contributed by atoms with E-state index in [2.05, 4.69) is 14.8 Å².